The Bertz CT molecular complexity index is 4980. The van der Waals surface area contributed by atoms with Crippen LogP contribution in [0.1, 0.15) is 55.5 Å². The fraction of sp³-hybridized carbons (Fsp3) is 0.0789. The molecule has 386 valence electrons. The zero-order valence-corrected chi connectivity index (χ0v) is 45.8. The van der Waals surface area contributed by atoms with E-state index in [1.54, 1.807) is 0 Å². The SMILES string of the molecule is CC1(C)c2ccccc2-c2ccc3c(c21)c1ccccc1n3-c1ccc(-c2ccc(C#N)cc2)cc1-c1cccc(-n2c3ccccc3c3c4c(ccc32)-c2ccccc2C4(C)C)c1-c1nc(-c2ccccc2)nc(-c2ccccc2)n1. The van der Waals surface area contributed by atoms with Crippen molar-refractivity contribution < 1.29 is 0 Å². The molecular formula is C76H52N6. The number of aromatic nitrogens is 5. The maximum absolute atomic E-state index is 9.95. The van der Waals surface area contributed by atoms with Gasteiger partial charge in [0, 0.05) is 49.1 Å². The van der Waals surface area contributed by atoms with Crippen molar-refractivity contribution >= 4 is 43.6 Å². The van der Waals surface area contributed by atoms with Gasteiger partial charge in [0.25, 0.3) is 0 Å². The summed E-state index contributed by atoms with van der Waals surface area (Å²) in [4.78, 5) is 16.5. The molecule has 0 unspecified atom stereocenters. The van der Waals surface area contributed by atoms with Gasteiger partial charge in [0.15, 0.2) is 17.5 Å². The Balaban J connectivity index is 1.05. The second-order valence-corrected chi connectivity index (χ2v) is 23.0. The van der Waals surface area contributed by atoms with Crippen molar-refractivity contribution in [2.75, 3.05) is 0 Å². The molecule has 14 aromatic rings. The van der Waals surface area contributed by atoms with Crippen LogP contribution in [0.5, 0.6) is 0 Å². The van der Waals surface area contributed by atoms with Gasteiger partial charge in [0.2, 0.25) is 0 Å². The molecule has 3 aromatic heterocycles. The molecule has 16 rings (SSSR count). The molecule has 2 aliphatic carbocycles. The average molecular weight is 1050 g/mol. The van der Waals surface area contributed by atoms with E-state index in [0.29, 0.717) is 23.0 Å². The third kappa shape index (κ3) is 6.84. The maximum Gasteiger partial charge on any atom is 0.166 e. The fourth-order valence-corrected chi connectivity index (χ4v) is 14.2. The quantitative estimate of drug-likeness (QED) is 0.159. The van der Waals surface area contributed by atoms with Crippen LogP contribution in [0, 0.1) is 11.3 Å². The highest BCUT2D eigenvalue weighted by atomic mass is 15.1. The topological polar surface area (TPSA) is 72.3 Å². The van der Waals surface area contributed by atoms with E-state index in [0.717, 1.165) is 72.4 Å². The Morgan fingerprint density at radius 2 is 0.805 bits per heavy atom. The van der Waals surface area contributed by atoms with Crippen molar-refractivity contribution in [3.63, 3.8) is 0 Å². The van der Waals surface area contributed by atoms with Gasteiger partial charge in [-0.2, -0.15) is 5.26 Å². The molecule has 2 aliphatic rings. The van der Waals surface area contributed by atoms with Crippen molar-refractivity contribution in [2.24, 2.45) is 0 Å². The van der Waals surface area contributed by atoms with Crippen LogP contribution in [0.3, 0.4) is 0 Å². The van der Waals surface area contributed by atoms with Crippen LogP contribution in [-0.2, 0) is 10.8 Å². The predicted molar refractivity (Wildman–Crippen MR) is 336 cm³/mol. The number of para-hydroxylation sites is 2. The summed E-state index contributed by atoms with van der Waals surface area (Å²) in [5, 5.41) is 14.8. The minimum Gasteiger partial charge on any atom is -0.309 e. The van der Waals surface area contributed by atoms with Gasteiger partial charge in [-0.25, -0.2) is 15.0 Å². The summed E-state index contributed by atoms with van der Waals surface area (Å²) in [7, 11) is 0. The summed E-state index contributed by atoms with van der Waals surface area (Å²) in [6, 6.07) is 89.3. The summed E-state index contributed by atoms with van der Waals surface area (Å²) in [6.07, 6.45) is 0. The van der Waals surface area contributed by atoms with E-state index in [-0.39, 0.29) is 10.8 Å². The molecule has 6 nitrogen and oxygen atoms in total. The molecule has 0 bridgehead atoms. The lowest BCUT2D eigenvalue weighted by molar-refractivity contribution is 0.666. The van der Waals surface area contributed by atoms with Crippen LogP contribution in [0.15, 0.2) is 243 Å². The van der Waals surface area contributed by atoms with Gasteiger partial charge >= 0.3 is 0 Å². The van der Waals surface area contributed by atoms with Crippen molar-refractivity contribution in [2.45, 2.75) is 38.5 Å². The van der Waals surface area contributed by atoms with Crippen LogP contribution >= 0.6 is 0 Å². The van der Waals surface area contributed by atoms with Crippen LogP contribution in [0.2, 0.25) is 0 Å². The number of hydrogen-bond acceptors (Lipinski definition) is 4. The van der Waals surface area contributed by atoms with E-state index >= 15 is 0 Å². The number of hydrogen-bond donors (Lipinski definition) is 0. The fourth-order valence-electron chi connectivity index (χ4n) is 14.2. The molecule has 3 heterocycles. The highest BCUT2D eigenvalue weighted by Gasteiger charge is 2.40. The summed E-state index contributed by atoms with van der Waals surface area (Å²) in [5.41, 5.74) is 23.6. The minimum absolute atomic E-state index is 0.254. The summed E-state index contributed by atoms with van der Waals surface area (Å²) in [6.45, 7) is 9.51. The van der Waals surface area contributed by atoms with E-state index in [1.165, 1.54) is 66.1 Å². The Kier molecular flexibility index (Phi) is 10.3. The first-order chi connectivity index (χ1) is 40.2. The number of rotatable bonds is 7. The first kappa shape index (κ1) is 47.5. The zero-order chi connectivity index (χ0) is 55.0. The summed E-state index contributed by atoms with van der Waals surface area (Å²) >= 11 is 0. The number of benzene rings is 11. The lowest BCUT2D eigenvalue weighted by Gasteiger charge is -2.23. The number of nitrogens with zero attached hydrogens (tertiary/aromatic N) is 6. The van der Waals surface area contributed by atoms with Gasteiger partial charge < -0.3 is 9.13 Å². The molecule has 0 saturated heterocycles. The second kappa shape index (κ2) is 17.8. The van der Waals surface area contributed by atoms with E-state index in [9.17, 15) is 5.26 Å². The van der Waals surface area contributed by atoms with E-state index in [4.69, 9.17) is 15.0 Å². The molecule has 11 aromatic carbocycles. The highest BCUT2D eigenvalue weighted by Crippen LogP contribution is 2.56. The molecule has 0 saturated carbocycles. The van der Waals surface area contributed by atoms with Crippen LogP contribution in [0.25, 0.3) is 134 Å². The standard InChI is InChI=1S/C76H52N6/c1-75(2)59-29-15-11-24-51(59)54-39-42-65-67(70(54)75)56-26-13-17-31-61(56)81(65)63-41-38-50(47-36-34-46(45-77)35-37-47)44-58(63)53-28-19-33-64(69(53)74-79-72(48-20-7-5-8-21-48)78-73(80-74)49-22-9-6-10-23-49)82-62-32-18-14-27-57(62)68-66(82)43-40-55-52-25-12-16-30-60(52)76(3,4)71(55)68/h5-44H,1-4H3. The van der Waals surface area contributed by atoms with Crippen LogP contribution in [0.4, 0.5) is 0 Å². The summed E-state index contributed by atoms with van der Waals surface area (Å²) < 4.78 is 4.95. The molecule has 0 N–H and O–H groups in total. The normalized spacial score (nSPS) is 13.5. The number of nitriles is 1. The molecule has 82 heavy (non-hydrogen) atoms. The maximum atomic E-state index is 9.95. The highest BCUT2D eigenvalue weighted by molar-refractivity contribution is 6.17. The predicted octanol–water partition coefficient (Wildman–Crippen LogP) is 18.9. The van der Waals surface area contributed by atoms with Gasteiger partial charge in [0.05, 0.1) is 50.6 Å². The van der Waals surface area contributed by atoms with Gasteiger partial charge in [-0.3, -0.25) is 0 Å². The Morgan fingerprint density at radius 1 is 0.341 bits per heavy atom. The zero-order valence-electron chi connectivity index (χ0n) is 45.8. The second-order valence-electron chi connectivity index (χ2n) is 23.0. The number of fused-ring (bicyclic) bond motifs is 14. The van der Waals surface area contributed by atoms with Gasteiger partial charge in [0.1, 0.15) is 0 Å². The molecule has 0 aliphatic heterocycles. The lowest BCUT2D eigenvalue weighted by atomic mass is 9.80. The monoisotopic (exact) mass is 1050 g/mol. The van der Waals surface area contributed by atoms with Crippen LogP contribution in [-0.4, -0.2) is 24.1 Å². The Labute approximate surface area is 475 Å². The first-order valence-corrected chi connectivity index (χ1v) is 28.2. The molecule has 0 atom stereocenters. The van der Waals surface area contributed by atoms with Gasteiger partial charge in [-0.1, -0.05) is 216 Å². The van der Waals surface area contributed by atoms with E-state index in [1.807, 2.05) is 48.5 Å². The van der Waals surface area contributed by atoms with E-state index in [2.05, 4.69) is 237 Å². The molecular weight excluding hydrogens is 997 g/mol. The van der Waals surface area contributed by atoms with Gasteiger partial charge in [-0.15, -0.1) is 0 Å². The van der Waals surface area contributed by atoms with Crippen molar-refractivity contribution in [1.82, 2.24) is 24.1 Å². The third-order valence-electron chi connectivity index (χ3n) is 17.8. The van der Waals surface area contributed by atoms with Crippen molar-refractivity contribution in [3.8, 4) is 96.1 Å². The lowest BCUT2D eigenvalue weighted by Crippen LogP contribution is -2.15. The van der Waals surface area contributed by atoms with Crippen molar-refractivity contribution in [1.29, 1.82) is 5.26 Å². The van der Waals surface area contributed by atoms with Crippen LogP contribution < -0.4 is 0 Å². The minimum atomic E-state index is -0.268. The average Bonchev–Trinajstić information content (AvgIpc) is 3.66. The van der Waals surface area contributed by atoms with Gasteiger partial charge in [-0.05, 0) is 116 Å². The molecule has 0 fully saturated rings. The third-order valence-corrected chi connectivity index (χ3v) is 17.8. The molecule has 0 amide bonds. The smallest absolute Gasteiger partial charge is 0.166 e. The molecule has 0 spiro atoms. The molecule has 0 radical (unpaired) electrons. The molecule has 6 heteroatoms. The largest absolute Gasteiger partial charge is 0.309 e. The van der Waals surface area contributed by atoms with Crippen molar-refractivity contribution in [3.05, 3.63) is 270 Å². The van der Waals surface area contributed by atoms with E-state index < -0.39 is 0 Å². The Hall–Kier alpha value is -10.5. The first-order valence-electron chi connectivity index (χ1n) is 28.2. The summed E-state index contributed by atoms with van der Waals surface area (Å²) in [5.74, 6) is 1.71. The Morgan fingerprint density at radius 3 is 1.35 bits per heavy atom.